The van der Waals surface area contributed by atoms with Crippen molar-refractivity contribution in [3.05, 3.63) is 28.2 Å². The van der Waals surface area contributed by atoms with Crippen LogP contribution in [0.2, 0.25) is 0 Å². The molecule has 1 aliphatic carbocycles. The molecule has 4 heteroatoms. The largest absolute Gasteiger partial charge is 0.378 e. The van der Waals surface area contributed by atoms with Crippen LogP contribution in [0, 0.1) is 17.2 Å². The molecule has 1 atom stereocenters. The van der Waals surface area contributed by atoms with Crippen LogP contribution in [0.15, 0.2) is 22.7 Å². The molecule has 0 heterocycles. The maximum absolute atomic E-state index is 8.94. The van der Waals surface area contributed by atoms with Gasteiger partial charge in [0.05, 0.1) is 11.6 Å². The average Bonchev–Trinajstić information content (AvgIpc) is 3.12. The first kappa shape index (κ1) is 12.4. The summed E-state index contributed by atoms with van der Waals surface area (Å²) in [4.78, 5) is 0. The van der Waals surface area contributed by atoms with Gasteiger partial charge in [-0.1, -0.05) is 15.9 Å². The zero-order valence-corrected chi connectivity index (χ0v) is 11.4. The Morgan fingerprint density at radius 2 is 2.24 bits per heavy atom. The smallest absolute Gasteiger partial charge is 0.0992 e. The number of benzene rings is 1. The third-order valence-corrected chi connectivity index (χ3v) is 3.82. The first-order valence-corrected chi connectivity index (χ1v) is 6.55. The average molecular weight is 294 g/mol. The molecule has 1 saturated carbocycles. The van der Waals surface area contributed by atoms with Gasteiger partial charge in [0, 0.05) is 22.2 Å². The van der Waals surface area contributed by atoms with Gasteiger partial charge >= 0.3 is 0 Å². The van der Waals surface area contributed by atoms with Crippen molar-refractivity contribution in [2.45, 2.75) is 25.3 Å². The van der Waals surface area contributed by atoms with E-state index in [1.165, 1.54) is 12.8 Å². The topological polar surface area (TPSA) is 61.8 Å². The van der Waals surface area contributed by atoms with E-state index in [-0.39, 0.29) is 5.54 Å². The zero-order valence-electron chi connectivity index (χ0n) is 9.83. The third kappa shape index (κ3) is 2.80. The first-order chi connectivity index (χ1) is 8.07. The van der Waals surface area contributed by atoms with Gasteiger partial charge in [0.2, 0.25) is 0 Å². The number of hydrogen-bond donors (Lipinski definition) is 2. The van der Waals surface area contributed by atoms with E-state index in [1.807, 2.05) is 18.2 Å². The normalized spacial score (nSPS) is 18.2. The van der Waals surface area contributed by atoms with E-state index in [0.29, 0.717) is 18.0 Å². The lowest BCUT2D eigenvalue weighted by Crippen LogP contribution is -2.44. The highest BCUT2D eigenvalue weighted by molar-refractivity contribution is 9.10. The number of nitriles is 1. The van der Waals surface area contributed by atoms with Crippen LogP contribution in [0.1, 0.15) is 25.3 Å². The lowest BCUT2D eigenvalue weighted by molar-refractivity contribution is 0.459. The van der Waals surface area contributed by atoms with E-state index in [9.17, 15) is 0 Å². The van der Waals surface area contributed by atoms with Crippen LogP contribution in [0.25, 0.3) is 0 Å². The van der Waals surface area contributed by atoms with Crippen LogP contribution in [-0.2, 0) is 0 Å². The Kier molecular flexibility index (Phi) is 3.41. The molecule has 0 saturated heterocycles. The van der Waals surface area contributed by atoms with Gasteiger partial charge in [-0.2, -0.15) is 5.26 Å². The number of nitrogens with zero attached hydrogens (tertiary/aromatic N) is 1. The fourth-order valence-electron chi connectivity index (χ4n) is 2.10. The second-order valence-corrected chi connectivity index (χ2v) is 5.78. The summed E-state index contributed by atoms with van der Waals surface area (Å²) < 4.78 is 0.911. The third-order valence-electron chi connectivity index (χ3n) is 3.36. The van der Waals surface area contributed by atoms with Crippen molar-refractivity contribution in [3.8, 4) is 6.07 Å². The van der Waals surface area contributed by atoms with E-state index in [0.717, 1.165) is 10.2 Å². The molecule has 0 aliphatic heterocycles. The summed E-state index contributed by atoms with van der Waals surface area (Å²) in [6.07, 6.45) is 2.47. The van der Waals surface area contributed by atoms with Gasteiger partial charge in [0.1, 0.15) is 0 Å². The van der Waals surface area contributed by atoms with Gasteiger partial charge < -0.3 is 11.1 Å². The molecule has 0 spiro atoms. The second kappa shape index (κ2) is 4.67. The highest BCUT2D eigenvalue weighted by Gasteiger charge is 2.40. The van der Waals surface area contributed by atoms with E-state index in [4.69, 9.17) is 11.0 Å². The maximum atomic E-state index is 8.94. The Labute approximate surface area is 110 Å². The highest BCUT2D eigenvalue weighted by atomic mass is 79.9. The van der Waals surface area contributed by atoms with Gasteiger partial charge in [0.25, 0.3) is 0 Å². The Morgan fingerprint density at radius 3 is 2.76 bits per heavy atom. The van der Waals surface area contributed by atoms with Crippen molar-refractivity contribution >= 4 is 21.6 Å². The van der Waals surface area contributed by atoms with Crippen LogP contribution in [0.5, 0.6) is 0 Å². The molecule has 90 valence electrons. The molecular weight excluding hydrogens is 278 g/mol. The first-order valence-electron chi connectivity index (χ1n) is 5.76. The predicted octanol–water partition coefficient (Wildman–Crippen LogP) is 2.86. The second-order valence-electron chi connectivity index (χ2n) is 4.86. The predicted molar refractivity (Wildman–Crippen MR) is 72.7 cm³/mol. The molecule has 0 amide bonds. The van der Waals surface area contributed by atoms with Crippen LogP contribution < -0.4 is 11.1 Å². The van der Waals surface area contributed by atoms with Crippen molar-refractivity contribution in [3.63, 3.8) is 0 Å². The molecule has 1 unspecified atom stereocenters. The minimum absolute atomic E-state index is 0.0620. The summed E-state index contributed by atoms with van der Waals surface area (Å²) in [5.74, 6) is 0.650. The molecule has 1 aliphatic rings. The summed E-state index contributed by atoms with van der Waals surface area (Å²) in [6.45, 7) is 2.75. The molecule has 0 aromatic heterocycles. The van der Waals surface area contributed by atoms with Gasteiger partial charge in [-0.25, -0.2) is 0 Å². The Bertz CT molecular complexity index is 462. The molecule has 2 rings (SSSR count). The van der Waals surface area contributed by atoms with Crippen LogP contribution in [0.4, 0.5) is 5.69 Å². The molecule has 3 N–H and O–H groups in total. The molecule has 1 fully saturated rings. The maximum Gasteiger partial charge on any atom is 0.0992 e. The molecule has 1 aromatic carbocycles. The quantitative estimate of drug-likeness (QED) is 0.897. The fraction of sp³-hybridized carbons (Fsp3) is 0.462. The number of nitrogens with one attached hydrogen (secondary N) is 1. The summed E-state index contributed by atoms with van der Waals surface area (Å²) >= 11 is 3.41. The molecule has 3 nitrogen and oxygen atoms in total. The summed E-state index contributed by atoms with van der Waals surface area (Å²) in [5, 5.41) is 12.4. The lowest BCUT2D eigenvalue weighted by atomic mass is 9.95. The van der Waals surface area contributed by atoms with Crippen molar-refractivity contribution in [1.82, 2.24) is 0 Å². The Balaban J connectivity index is 2.23. The SMILES string of the molecule is CC(CN)(Nc1cc(Br)cc(C#N)c1)C1CC1. The monoisotopic (exact) mass is 293 g/mol. The Morgan fingerprint density at radius 1 is 1.53 bits per heavy atom. The van der Waals surface area contributed by atoms with Crippen molar-refractivity contribution < 1.29 is 0 Å². The highest BCUT2D eigenvalue weighted by Crippen LogP contribution is 2.41. The van der Waals surface area contributed by atoms with Crippen molar-refractivity contribution in [2.75, 3.05) is 11.9 Å². The van der Waals surface area contributed by atoms with Crippen LogP contribution in [0.3, 0.4) is 0 Å². The number of hydrogen-bond acceptors (Lipinski definition) is 3. The number of rotatable bonds is 4. The zero-order chi connectivity index (χ0) is 12.5. The van der Waals surface area contributed by atoms with Gasteiger partial charge in [-0.05, 0) is 43.9 Å². The van der Waals surface area contributed by atoms with Gasteiger partial charge in [-0.15, -0.1) is 0 Å². The summed E-state index contributed by atoms with van der Waals surface area (Å²) in [5.41, 5.74) is 7.41. The fourth-order valence-corrected chi connectivity index (χ4v) is 2.59. The minimum Gasteiger partial charge on any atom is -0.378 e. The molecule has 1 aromatic rings. The standard InChI is InChI=1S/C13H16BrN3/c1-13(8-16,10-2-3-10)17-12-5-9(7-15)4-11(14)6-12/h4-6,10,17H,2-3,8,16H2,1H3. The van der Waals surface area contributed by atoms with Gasteiger partial charge in [-0.3, -0.25) is 0 Å². The lowest BCUT2D eigenvalue weighted by Gasteiger charge is -2.31. The molecular formula is C13H16BrN3. The molecule has 17 heavy (non-hydrogen) atoms. The van der Waals surface area contributed by atoms with E-state index in [1.54, 1.807) is 0 Å². The molecule has 0 bridgehead atoms. The van der Waals surface area contributed by atoms with E-state index < -0.39 is 0 Å². The van der Waals surface area contributed by atoms with Crippen molar-refractivity contribution in [2.24, 2.45) is 11.7 Å². The summed E-state index contributed by atoms with van der Waals surface area (Å²) in [7, 11) is 0. The molecule has 0 radical (unpaired) electrons. The van der Waals surface area contributed by atoms with Gasteiger partial charge in [0.15, 0.2) is 0 Å². The van der Waals surface area contributed by atoms with E-state index in [2.05, 4.69) is 34.2 Å². The summed E-state index contributed by atoms with van der Waals surface area (Å²) in [6, 6.07) is 7.81. The number of halogens is 1. The number of nitrogens with two attached hydrogens (primary N) is 1. The minimum atomic E-state index is -0.0620. The van der Waals surface area contributed by atoms with Crippen LogP contribution >= 0.6 is 15.9 Å². The van der Waals surface area contributed by atoms with E-state index >= 15 is 0 Å². The number of anilines is 1. The van der Waals surface area contributed by atoms with Crippen molar-refractivity contribution in [1.29, 1.82) is 5.26 Å². The Hall–Kier alpha value is -1.05. The van der Waals surface area contributed by atoms with Crippen LogP contribution in [-0.4, -0.2) is 12.1 Å².